The van der Waals surface area contributed by atoms with E-state index in [0.717, 1.165) is 0 Å². The quantitative estimate of drug-likeness (QED) is 0.671. The molecular weight excluding hydrogens is 438 g/mol. The van der Waals surface area contributed by atoms with E-state index >= 15 is 0 Å². The van der Waals surface area contributed by atoms with Crippen molar-refractivity contribution in [3.8, 4) is 0 Å². The van der Waals surface area contributed by atoms with Gasteiger partial charge in [0.1, 0.15) is 0 Å². The summed E-state index contributed by atoms with van der Waals surface area (Å²) < 4.78 is 52.4. The molecule has 31 heavy (non-hydrogen) atoms. The fourth-order valence-electron chi connectivity index (χ4n) is 3.41. The summed E-state index contributed by atoms with van der Waals surface area (Å²) in [5.41, 5.74) is 0.311. The predicted molar refractivity (Wildman–Crippen MR) is 119 cm³/mol. The third-order valence-corrected chi connectivity index (χ3v) is 9.00. The van der Waals surface area contributed by atoms with E-state index < -0.39 is 25.8 Å². The molecule has 2 aromatic rings. The molecule has 1 amide bonds. The Morgan fingerprint density at radius 3 is 2.32 bits per heavy atom. The molecule has 0 saturated carbocycles. The van der Waals surface area contributed by atoms with Gasteiger partial charge in [0, 0.05) is 31.9 Å². The van der Waals surface area contributed by atoms with Gasteiger partial charge in [0.05, 0.1) is 21.1 Å². The zero-order valence-corrected chi connectivity index (χ0v) is 19.2. The Morgan fingerprint density at radius 2 is 1.65 bits per heavy atom. The highest BCUT2D eigenvalue weighted by Crippen LogP contribution is 2.23. The smallest absolute Gasteiger partial charge is 0.256 e. The van der Waals surface area contributed by atoms with Gasteiger partial charge in [-0.15, -0.1) is 0 Å². The van der Waals surface area contributed by atoms with Crippen molar-refractivity contribution in [2.75, 3.05) is 44.3 Å². The van der Waals surface area contributed by atoms with E-state index in [0.29, 0.717) is 32.6 Å². The first-order chi connectivity index (χ1) is 14.6. The fraction of sp³-hybridized carbons (Fsp3) is 0.381. The first-order valence-electron chi connectivity index (χ1n) is 10.1. The number of benzene rings is 2. The van der Waals surface area contributed by atoms with Crippen molar-refractivity contribution in [3.63, 3.8) is 0 Å². The Labute approximate surface area is 183 Å². The third-order valence-electron chi connectivity index (χ3n) is 5.13. The van der Waals surface area contributed by atoms with Gasteiger partial charge in [0.25, 0.3) is 5.91 Å². The molecule has 3 rings (SSSR count). The van der Waals surface area contributed by atoms with Crippen LogP contribution < -0.4 is 5.32 Å². The van der Waals surface area contributed by atoms with Crippen LogP contribution in [0.5, 0.6) is 0 Å². The molecule has 1 N–H and O–H groups in total. The molecule has 0 aromatic heterocycles. The van der Waals surface area contributed by atoms with Gasteiger partial charge in [-0.05, 0) is 43.8 Å². The summed E-state index contributed by atoms with van der Waals surface area (Å²) in [5, 5.41) is 2.64. The van der Waals surface area contributed by atoms with E-state index in [1.54, 1.807) is 31.2 Å². The maximum atomic E-state index is 13.0. The highest BCUT2D eigenvalue weighted by atomic mass is 32.2. The van der Waals surface area contributed by atoms with Crippen LogP contribution in [0.2, 0.25) is 0 Å². The lowest BCUT2D eigenvalue weighted by molar-refractivity contribution is 0.102. The molecule has 0 aliphatic carbocycles. The van der Waals surface area contributed by atoms with Crippen LogP contribution in [-0.4, -0.2) is 70.9 Å². The number of hydrogen-bond donors (Lipinski definition) is 1. The van der Waals surface area contributed by atoms with Crippen molar-refractivity contribution < 1.29 is 21.6 Å². The number of amides is 1. The number of carbonyl (C=O) groups excluding carboxylic acids is 1. The van der Waals surface area contributed by atoms with E-state index in [1.165, 1.54) is 28.6 Å². The van der Waals surface area contributed by atoms with E-state index in [-0.39, 0.29) is 26.8 Å². The number of nitrogens with one attached hydrogen (secondary N) is 1. The SMILES string of the molecule is CCCS(=O)(=O)c1ccccc1C(=O)Nc1cccc(S(=O)(=O)N2CCN(C)CC2)c1. The standard InChI is InChI=1S/C21H27N3O5S2/c1-3-15-30(26,27)20-10-5-4-9-19(20)21(25)22-17-7-6-8-18(16-17)31(28,29)24-13-11-23(2)12-14-24/h4-10,16H,3,11-15H2,1-2H3,(H,22,25). The van der Waals surface area contributed by atoms with Crippen LogP contribution in [0, 0.1) is 0 Å². The molecule has 1 saturated heterocycles. The highest BCUT2D eigenvalue weighted by Gasteiger charge is 2.28. The van der Waals surface area contributed by atoms with Crippen LogP contribution in [0.15, 0.2) is 58.3 Å². The monoisotopic (exact) mass is 465 g/mol. The molecule has 1 heterocycles. The summed E-state index contributed by atoms with van der Waals surface area (Å²) >= 11 is 0. The van der Waals surface area contributed by atoms with Crippen molar-refractivity contribution in [2.45, 2.75) is 23.1 Å². The molecule has 1 aliphatic rings. The molecular formula is C21H27N3O5S2. The summed E-state index contributed by atoms with van der Waals surface area (Å²) in [6.45, 7) is 3.86. The van der Waals surface area contributed by atoms with E-state index in [4.69, 9.17) is 0 Å². The number of rotatable bonds is 7. The van der Waals surface area contributed by atoms with E-state index in [9.17, 15) is 21.6 Å². The van der Waals surface area contributed by atoms with Gasteiger partial charge < -0.3 is 10.2 Å². The maximum absolute atomic E-state index is 13.0. The minimum absolute atomic E-state index is 0.0308. The second kappa shape index (κ2) is 9.47. The van der Waals surface area contributed by atoms with Gasteiger partial charge in [-0.1, -0.05) is 25.1 Å². The Balaban J connectivity index is 1.85. The second-order valence-corrected chi connectivity index (χ2v) is 11.5. The zero-order valence-electron chi connectivity index (χ0n) is 17.6. The molecule has 10 heteroatoms. The third kappa shape index (κ3) is 5.32. The molecule has 2 aromatic carbocycles. The van der Waals surface area contributed by atoms with Crippen LogP contribution in [0.4, 0.5) is 5.69 Å². The number of carbonyl (C=O) groups is 1. The predicted octanol–water partition coefficient (Wildman–Crippen LogP) is 2.06. The average Bonchev–Trinajstić information content (AvgIpc) is 2.74. The number of hydrogen-bond acceptors (Lipinski definition) is 6. The van der Waals surface area contributed by atoms with Gasteiger partial charge in [-0.3, -0.25) is 4.79 Å². The van der Waals surface area contributed by atoms with Crippen LogP contribution in [0.25, 0.3) is 0 Å². The van der Waals surface area contributed by atoms with Crippen LogP contribution in [0.1, 0.15) is 23.7 Å². The highest BCUT2D eigenvalue weighted by molar-refractivity contribution is 7.91. The summed E-state index contributed by atoms with van der Waals surface area (Å²) in [7, 11) is -5.34. The summed E-state index contributed by atoms with van der Waals surface area (Å²) in [6.07, 6.45) is 0.435. The van der Waals surface area contributed by atoms with Crippen LogP contribution >= 0.6 is 0 Å². The van der Waals surface area contributed by atoms with Crippen molar-refractivity contribution >= 4 is 31.5 Å². The van der Waals surface area contributed by atoms with Gasteiger partial charge in [-0.2, -0.15) is 4.31 Å². The Bertz CT molecular complexity index is 1160. The number of sulfonamides is 1. The van der Waals surface area contributed by atoms with Gasteiger partial charge >= 0.3 is 0 Å². The van der Waals surface area contributed by atoms with E-state index in [2.05, 4.69) is 10.2 Å². The molecule has 168 valence electrons. The summed E-state index contributed by atoms with van der Waals surface area (Å²) in [5.74, 6) is -0.666. The topological polar surface area (TPSA) is 104 Å². The number of anilines is 1. The maximum Gasteiger partial charge on any atom is 0.256 e. The zero-order chi connectivity index (χ0) is 22.6. The lowest BCUT2D eigenvalue weighted by Crippen LogP contribution is -2.47. The minimum Gasteiger partial charge on any atom is -0.322 e. The second-order valence-electron chi connectivity index (χ2n) is 7.50. The van der Waals surface area contributed by atoms with E-state index in [1.807, 2.05) is 7.05 Å². The Morgan fingerprint density at radius 1 is 0.968 bits per heavy atom. The molecule has 0 unspecified atom stereocenters. The largest absolute Gasteiger partial charge is 0.322 e. The number of nitrogens with zero attached hydrogens (tertiary/aromatic N) is 2. The number of piperazine rings is 1. The van der Waals surface area contributed by atoms with Crippen molar-refractivity contribution in [1.29, 1.82) is 0 Å². The molecule has 0 bridgehead atoms. The van der Waals surface area contributed by atoms with Crippen LogP contribution in [-0.2, 0) is 19.9 Å². The Hall–Kier alpha value is -2.27. The van der Waals surface area contributed by atoms with Crippen molar-refractivity contribution in [2.24, 2.45) is 0 Å². The average molecular weight is 466 g/mol. The molecule has 0 radical (unpaired) electrons. The summed E-state index contributed by atoms with van der Waals surface area (Å²) in [4.78, 5) is 15.0. The molecule has 1 aliphatic heterocycles. The fourth-order valence-corrected chi connectivity index (χ4v) is 6.42. The first kappa shape index (κ1) is 23.4. The molecule has 0 atom stereocenters. The van der Waals surface area contributed by atoms with Crippen molar-refractivity contribution in [1.82, 2.24) is 9.21 Å². The first-order valence-corrected chi connectivity index (χ1v) is 13.2. The number of likely N-dealkylation sites (N-methyl/N-ethyl adjacent to an activating group) is 1. The lowest BCUT2D eigenvalue weighted by Gasteiger charge is -2.31. The van der Waals surface area contributed by atoms with Gasteiger partial charge in [0.2, 0.25) is 10.0 Å². The van der Waals surface area contributed by atoms with Crippen molar-refractivity contribution in [3.05, 3.63) is 54.1 Å². The van der Waals surface area contributed by atoms with Crippen LogP contribution in [0.3, 0.4) is 0 Å². The van der Waals surface area contributed by atoms with Gasteiger partial charge in [-0.25, -0.2) is 16.8 Å². The lowest BCUT2D eigenvalue weighted by atomic mass is 10.2. The molecule has 1 fully saturated rings. The minimum atomic E-state index is -3.69. The van der Waals surface area contributed by atoms with Gasteiger partial charge in [0.15, 0.2) is 9.84 Å². The normalized spacial score (nSPS) is 16.2. The number of sulfone groups is 1. The molecule has 0 spiro atoms. The summed E-state index contributed by atoms with van der Waals surface area (Å²) in [6, 6.07) is 12.0. The molecule has 8 nitrogen and oxygen atoms in total. The Kier molecular flexibility index (Phi) is 7.15.